The molecule has 0 aromatic heterocycles. The fourth-order valence-electron chi connectivity index (χ4n) is 4.07. The summed E-state index contributed by atoms with van der Waals surface area (Å²) < 4.78 is 0. The number of amides is 4. The van der Waals surface area contributed by atoms with Gasteiger partial charge in [0.25, 0.3) is 5.91 Å². The van der Waals surface area contributed by atoms with Crippen molar-refractivity contribution in [1.82, 2.24) is 15.1 Å². The Balaban J connectivity index is 1.68. The maximum Gasteiger partial charge on any atom is 0.325 e. The van der Waals surface area contributed by atoms with E-state index in [0.29, 0.717) is 18.9 Å². The summed E-state index contributed by atoms with van der Waals surface area (Å²) in [5.41, 5.74) is -0.776. The number of imide groups is 1. The highest BCUT2D eigenvalue weighted by molar-refractivity contribution is 6.09. The minimum Gasteiger partial charge on any atom is -0.341 e. The number of rotatable bonds is 6. The molecule has 0 bridgehead atoms. The van der Waals surface area contributed by atoms with Crippen LogP contribution >= 0.6 is 0 Å². The summed E-state index contributed by atoms with van der Waals surface area (Å²) in [4.78, 5) is 40.9. The molecule has 134 valence electrons. The number of urea groups is 1. The smallest absolute Gasteiger partial charge is 0.325 e. The van der Waals surface area contributed by atoms with E-state index < -0.39 is 11.6 Å². The normalized spacial score (nSPS) is 29.9. The minimum absolute atomic E-state index is 0.104. The van der Waals surface area contributed by atoms with Crippen LogP contribution in [0.25, 0.3) is 0 Å². The van der Waals surface area contributed by atoms with E-state index in [9.17, 15) is 14.4 Å². The first-order valence-corrected chi connectivity index (χ1v) is 9.40. The number of hydrogen-bond donors (Lipinski definition) is 1. The van der Waals surface area contributed by atoms with Crippen molar-refractivity contribution >= 4 is 17.8 Å². The number of hydrogen-bond acceptors (Lipinski definition) is 3. The van der Waals surface area contributed by atoms with Crippen molar-refractivity contribution in [2.24, 2.45) is 11.8 Å². The predicted molar refractivity (Wildman–Crippen MR) is 90.2 cm³/mol. The maximum absolute atomic E-state index is 12.9. The van der Waals surface area contributed by atoms with E-state index in [1.54, 1.807) is 0 Å². The van der Waals surface area contributed by atoms with E-state index in [2.05, 4.69) is 5.32 Å². The minimum atomic E-state index is -0.776. The Morgan fingerprint density at radius 1 is 1.29 bits per heavy atom. The Hall–Kier alpha value is -1.59. The first kappa shape index (κ1) is 17.2. The molecular weight excluding hydrogens is 306 g/mol. The Morgan fingerprint density at radius 3 is 2.67 bits per heavy atom. The van der Waals surface area contributed by atoms with Crippen LogP contribution in [0.1, 0.15) is 58.8 Å². The second kappa shape index (κ2) is 6.73. The average molecular weight is 335 g/mol. The van der Waals surface area contributed by atoms with E-state index in [1.165, 1.54) is 12.8 Å². The highest BCUT2D eigenvalue weighted by Gasteiger charge is 2.55. The topological polar surface area (TPSA) is 69.7 Å². The fraction of sp³-hybridized carbons (Fsp3) is 0.833. The lowest BCUT2D eigenvalue weighted by Crippen LogP contribution is -2.54. The second-order valence-corrected chi connectivity index (χ2v) is 7.72. The Morgan fingerprint density at radius 2 is 2.04 bits per heavy atom. The molecule has 2 unspecified atom stereocenters. The third-order valence-electron chi connectivity index (χ3n) is 5.82. The molecule has 1 N–H and O–H groups in total. The predicted octanol–water partition coefficient (Wildman–Crippen LogP) is 2.14. The van der Waals surface area contributed by atoms with E-state index in [4.69, 9.17) is 0 Å². The van der Waals surface area contributed by atoms with E-state index >= 15 is 0 Å². The third kappa shape index (κ3) is 3.15. The van der Waals surface area contributed by atoms with Crippen molar-refractivity contribution in [1.29, 1.82) is 0 Å². The van der Waals surface area contributed by atoms with Crippen molar-refractivity contribution in [3.63, 3.8) is 0 Å². The summed E-state index contributed by atoms with van der Waals surface area (Å²) in [6, 6.07) is -0.398. The quantitative estimate of drug-likeness (QED) is 0.756. The zero-order chi connectivity index (χ0) is 17.3. The van der Waals surface area contributed by atoms with Crippen LogP contribution in [0, 0.1) is 11.8 Å². The molecular formula is C18H29N3O3. The summed E-state index contributed by atoms with van der Waals surface area (Å²) in [5, 5.41) is 2.91. The zero-order valence-corrected chi connectivity index (χ0v) is 14.8. The van der Waals surface area contributed by atoms with Gasteiger partial charge in [-0.15, -0.1) is 0 Å². The second-order valence-electron chi connectivity index (χ2n) is 7.72. The number of nitrogens with zero attached hydrogens (tertiary/aromatic N) is 2. The van der Waals surface area contributed by atoms with Gasteiger partial charge < -0.3 is 10.2 Å². The molecule has 0 aromatic rings. The van der Waals surface area contributed by atoms with Gasteiger partial charge in [0.05, 0.1) is 0 Å². The molecule has 24 heavy (non-hydrogen) atoms. The molecule has 2 aliphatic carbocycles. The van der Waals surface area contributed by atoms with Crippen LogP contribution in [0.15, 0.2) is 0 Å². The van der Waals surface area contributed by atoms with Crippen LogP contribution in [-0.4, -0.2) is 52.8 Å². The van der Waals surface area contributed by atoms with Gasteiger partial charge in [0.1, 0.15) is 12.1 Å². The Labute approximate surface area is 143 Å². The van der Waals surface area contributed by atoms with Crippen molar-refractivity contribution < 1.29 is 14.4 Å². The lowest BCUT2D eigenvalue weighted by molar-refractivity contribution is -0.140. The maximum atomic E-state index is 12.9. The molecule has 2 atom stereocenters. The van der Waals surface area contributed by atoms with E-state index in [-0.39, 0.29) is 24.3 Å². The van der Waals surface area contributed by atoms with Crippen molar-refractivity contribution in [3.05, 3.63) is 0 Å². The van der Waals surface area contributed by atoms with Gasteiger partial charge in [-0.05, 0) is 43.9 Å². The largest absolute Gasteiger partial charge is 0.341 e. The lowest BCUT2D eigenvalue weighted by Gasteiger charge is -2.36. The fourth-order valence-corrected chi connectivity index (χ4v) is 4.07. The molecule has 1 spiro atoms. The zero-order valence-electron chi connectivity index (χ0n) is 14.8. The first-order valence-electron chi connectivity index (χ1n) is 9.40. The van der Waals surface area contributed by atoms with Gasteiger partial charge in [-0.3, -0.25) is 14.5 Å². The molecule has 6 nitrogen and oxygen atoms in total. The third-order valence-corrected chi connectivity index (χ3v) is 5.82. The molecule has 0 radical (unpaired) electrons. The van der Waals surface area contributed by atoms with Crippen molar-refractivity contribution in [2.45, 2.75) is 64.3 Å². The van der Waals surface area contributed by atoms with Gasteiger partial charge in [0.2, 0.25) is 5.91 Å². The standard InChI is InChI=1S/C18H29N3O3/c1-3-10-20(11-14-7-8-14)15(22)12-21-16(23)18(19-17(21)24)9-5-4-6-13(18)2/h13-14H,3-12H2,1-2H3,(H,19,24). The molecule has 4 amide bonds. The van der Waals surface area contributed by atoms with Crippen molar-refractivity contribution in [3.8, 4) is 0 Å². The summed E-state index contributed by atoms with van der Waals surface area (Å²) in [7, 11) is 0. The lowest BCUT2D eigenvalue weighted by atomic mass is 9.73. The molecule has 1 heterocycles. The van der Waals surface area contributed by atoms with E-state index in [0.717, 1.165) is 37.1 Å². The monoisotopic (exact) mass is 335 g/mol. The molecule has 1 aliphatic heterocycles. The van der Waals surface area contributed by atoms with Crippen LogP contribution in [0.3, 0.4) is 0 Å². The molecule has 3 fully saturated rings. The van der Waals surface area contributed by atoms with Crippen LogP contribution in [-0.2, 0) is 9.59 Å². The van der Waals surface area contributed by atoms with Gasteiger partial charge in [-0.1, -0.05) is 26.7 Å². The van der Waals surface area contributed by atoms with Gasteiger partial charge in [0.15, 0.2) is 0 Å². The highest BCUT2D eigenvalue weighted by Crippen LogP contribution is 2.38. The van der Waals surface area contributed by atoms with Gasteiger partial charge in [0, 0.05) is 13.1 Å². The Kier molecular flexibility index (Phi) is 4.83. The molecule has 6 heteroatoms. The molecule has 3 aliphatic rings. The summed E-state index contributed by atoms with van der Waals surface area (Å²) >= 11 is 0. The first-order chi connectivity index (χ1) is 11.5. The summed E-state index contributed by atoms with van der Waals surface area (Å²) in [6.07, 6.45) is 6.91. The molecule has 2 saturated carbocycles. The number of carbonyl (C=O) groups excluding carboxylic acids is 3. The Bertz CT molecular complexity index is 532. The number of carbonyl (C=O) groups is 3. The van der Waals surface area contributed by atoms with Crippen molar-refractivity contribution in [2.75, 3.05) is 19.6 Å². The summed E-state index contributed by atoms with van der Waals surface area (Å²) in [5.74, 6) is 0.429. The molecule has 1 saturated heterocycles. The van der Waals surface area contributed by atoms with Crippen LogP contribution < -0.4 is 5.32 Å². The highest BCUT2D eigenvalue weighted by atomic mass is 16.2. The van der Waals surface area contributed by atoms with Crippen LogP contribution in [0.5, 0.6) is 0 Å². The van der Waals surface area contributed by atoms with Gasteiger partial charge in [-0.25, -0.2) is 4.79 Å². The van der Waals surface area contributed by atoms with Gasteiger partial charge >= 0.3 is 6.03 Å². The molecule has 0 aromatic carbocycles. The summed E-state index contributed by atoms with van der Waals surface area (Å²) in [6.45, 7) is 5.41. The van der Waals surface area contributed by atoms with Crippen LogP contribution in [0.2, 0.25) is 0 Å². The van der Waals surface area contributed by atoms with E-state index in [1.807, 2.05) is 18.7 Å². The SMILES string of the molecule is CCCN(CC1CC1)C(=O)CN1C(=O)NC2(CCCCC2C)C1=O. The number of nitrogens with one attached hydrogen (secondary N) is 1. The van der Waals surface area contributed by atoms with Crippen LogP contribution in [0.4, 0.5) is 4.79 Å². The van der Waals surface area contributed by atoms with Gasteiger partial charge in [-0.2, -0.15) is 0 Å². The average Bonchev–Trinajstić information content (AvgIpc) is 3.33. The molecule has 3 rings (SSSR count).